The van der Waals surface area contributed by atoms with E-state index in [-0.39, 0.29) is 6.10 Å². The normalized spacial score (nSPS) is 13.1. The van der Waals surface area contributed by atoms with Gasteiger partial charge in [0.2, 0.25) is 0 Å². The first kappa shape index (κ1) is 9.62. The van der Waals surface area contributed by atoms with Crippen LogP contribution in [-0.2, 0) is 9.78 Å². The van der Waals surface area contributed by atoms with Gasteiger partial charge in [0.05, 0.1) is 0 Å². The van der Waals surface area contributed by atoms with Gasteiger partial charge in [-0.1, -0.05) is 6.58 Å². The van der Waals surface area contributed by atoms with Crippen LogP contribution in [0.1, 0.15) is 13.8 Å². The minimum Gasteiger partial charge on any atom is -0.295 e. The van der Waals surface area contributed by atoms with Gasteiger partial charge in [0, 0.05) is 0 Å². The lowest BCUT2D eigenvalue weighted by atomic mass is 10.2. The van der Waals surface area contributed by atoms with Gasteiger partial charge in [-0.15, -0.1) is 0 Å². The molecular formula is C7H15NO2. The van der Waals surface area contributed by atoms with Crippen molar-refractivity contribution in [3.8, 4) is 0 Å². The van der Waals surface area contributed by atoms with Crippen LogP contribution in [0.5, 0.6) is 0 Å². The van der Waals surface area contributed by atoms with E-state index in [1.165, 1.54) is 0 Å². The zero-order valence-corrected chi connectivity index (χ0v) is 6.81. The van der Waals surface area contributed by atoms with Gasteiger partial charge in [0.25, 0.3) is 0 Å². The van der Waals surface area contributed by atoms with Crippen LogP contribution >= 0.6 is 0 Å². The third-order valence-electron chi connectivity index (χ3n) is 1.11. The molecule has 0 aromatic rings. The molecule has 0 aliphatic heterocycles. The Morgan fingerprint density at radius 2 is 2.30 bits per heavy atom. The van der Waals surface area contributed by atoms with Gasteiger partial charge in [-0.05, 0) is 26.5 Å². The molecule has 0 fully saturated rings. The topological polar surface area (TPSA) is 30.5 Å². The highest BCUT2D eigenvalue weighted by Crippen LogP contribution is 2.01. The quantitative estimate of drug-likeness (QED) is 0.206. The smallest absolute Gasteiger partial charge is 0.132 e. The first-order valence-electron chi connectivity index (χ1n) is 3.26. The SMILES string of the molecule is C=C(C)C(C)OOCNC. The molecule has 0 heterocycles. The Bertz CT molecular complexity index is 104. The van der Waals surface area contributed by atoms with Gasteiger partial charge in [-0.25, -0.2) is 9.78 Å². The molecule has 60 valence electrons. The molecule has 0 aliphatic carbocycles. The van der Waals surface area contributed by atoms with Crippen molar-refractivity contribution in [1.29, 1.82) is 0 Å². The zero-order chi connectivity index (χ0) is 7.98. The van der Waals surface area contributed by atoms with Gasteiger partial charge in [0.1, 0.15) is 12.8 Å². The van der Waals surface area contributed by atoms with Gasteiger partial charge in [-0.2, -0.15) is 0 Å². The fourth-order valence-corrected chi connectivity index (χ4v) is 0.277. The standard InChI is InChI=1S/C7H15NO2/c1-6(2)7(3)10-9-5-8-4/h7-8H,1,5H2,2-4H3. The largest absolute Gasteiger partial charge is 0.295 e. The summed E-state index contributed by atoms with van der Waals surface area (Å²) in [5.41, 5.74) is 0.955. The van der Waals surface area contributed by atoms with E-state index in [9.17, 15) is 0 Å². The highest BCUT2D eigenvalue weighted by atomic mass is 17.2. The summed E-state index contributed by atoms with van der Waals surface area (Å²) in [5, 5.41) is 2.79. The van der Waals surface area contributed by atoms with E-state index in [1.807, 2.05) is 13.8 Å². The molecule has 1 N–H and O–H groups in total. The summed E-state index contributed by atoms with van der Waals surface area (Å²) in [7, 11) is 1.79. The average Bonchev–Trinajstić information content (AvgIpc) is 1.88. The number of hydrogen-bond donors (Lipinski definition) is 1. The predicted molar refractivity (Wildman–Crippen MR) is 40.4 cm³/mol. The van der Waals surface area contributed by atoms with Crippen LogP contribution < -0.4 is 5.32 Å². The van der Waals surface area contributed by atoms with Crippen molar-refractivity contribution in [3.05, 3.63) is 12.2 Å². The minimum absolute atomic E-state index is 0.0339. The first-order chi connectivity index (χ1) is 4.68. The molecule has 0 amide bonds. The molecule has 0 saturated carbocycles. The molecule has 0 spiro atoms. The maximum atomic E-state index is 4.88. The van der Waals surface area contributed by atoms with Crippen molar-refractivity contribution in [2.75, 3.05) is 13.8 Å². The van der Waals surface area contributed by atoms with E-state index in [2.05, 4.69) is 11.9 Å². The Morgan fingerprint density at radius 3 is 2.70 bits per heavy atom. The molecule has 0 radical (unpaired) electrons. The van der Waals surface area contributed by atoms with Crippen LogP contribution in [-0.4, -0.2) is 19.9 Å². The van der Waals surface area contributed by atoms with Crippen molar-refractivity contribution in [1.82, 2.24) is 5.32 Å². The lowest BCUT2D eigenvalue weighted by molar-refractivity contribution is -0.315. The maximum absolute atomic E-state index is 4.88. The van der Waals surface area contributed by atoms with E-state index < -0.39 is 0 Å². The summed E-state index contributed by atoms with van der Waals surface area (Å²) in [4.78, 5) is 9.62. The van der Waals surface area contributed by atoms with Gasteiger partial charge in [0.15, 0.2) is 0 Å². The molecule has 0 aliphatic rings. The summed E-state index contributed by atoms with van der Waals surface area (Å²) >= 11 is 0. The molecule has 1 unspecified atom stereocenters. The van der Waals surface area contributed by atoms with Crippen molar-refractivity contribution < 1.29 is 9.78 Å². The summed E-state index contributed by atoms with van der Waals surface area (Å²) < 4.78 is 0. The second kappa shape index (κ2) is 5.41. The molecule has 1 atom stereocenters. The van der Waals surface area contributed by atoms with E-state index in [0.717, 1.165) is 5.57 Å². The van der Waals surface area contributed by atoms with E-state index >= 15 is 0 Å². The fraction of sp³-hybridized carbons (Fsp3) is 0.714. The van der Waals surface area contributed by atoms with Gasteiger partial charge >= 0.3 is 0 Å². The second-order valence-electron chi connectivity index (χ2n) is 2.20. The van der Waals surface area contributed by atoms with Gasteiger partial charge < -0.3 is 0 Å². The summed E-state index contributed by atoms with van der Waals surface area (Å²) in [6.07, 6.45) is -0.0339. The Hall–Kier alpha value is -0.380. The highest BCUT2D eigenvalue weighted by Gasteiger charge is 2.01. The summed E-state index contributed by atoms with van der Waals surface area (Å²) in [5.74, 6) is 0. The Balaban J connectivity index is 3.21. The van der Waals surface area contributed by atoms with Crippen LogP contribution in [0.25, 0.3) is 0 Å². The van der Waals surface area contributed by atoms with E-state index in [4.69, 9.17) is 9.78 Å². The number of nitrogens with one attached hydrogen (secondary N) is 1. The predicted octanol–water partition coefficient (Wildman–Crippen LogP) is 1.08. The zero-order valence-electron chi connectivity index (χ0n) is 6.81. The van der Waals surface area contributed by atoms with Crippen LogP contribution in [0, 0.1) is 0 Å². The van der Waals surface area contributed by atoms with Crippen LogP contribution in [0.2, 0.25) is 0 Å². The monoisotopic (exact) mass is 145 g/mol. The lowest BCUT2D eigenvalue weighted by Gasteiger charge is -2.10. The molecular weight excluding hydrogens is 130 g/mol. The highest BCUT2D eigenvalue weighted by molar-refractivity contribution is 4.94. The molecule has 10 heavy (non-hydrogen) atoms. The van der Waals surface area contributed by atoms with Crippen LogP contribution in [0.15, 0.2) is 12.2 Å². The molecule has 0 aromatic heterocycles. The van der Waals surface area contributed by atoms with Crippen molar-refractivity contribution in [2.45, 2.75) is 20.0 Å². The Labute approximate surface area is 61.9 Å². The second-order valence-corrected chi connectivity index (χ2v) is 2.20. The molecule has 0 bridgehead atoms. The van der Waals surface area contributed by atoms with Crippen molar-refractivity contribution in [3.63, 3.8) is 0 Å². The maximum Gasteiger partial charge on any atom is 0.132 e. The molecule has 3 heteroatoms. The summed E-state index contributed by atoms with van der Waals surface area (Å²) in [6, 6.07) is 0. The Kier molecular flexibility index (Phi) is 5.20. The number of hydrogen-bond acceptors (Lipinski definition) is 3. The van der Waals surface area contributed by atoms with Gasteiger partial charge in [-0.3, -0.25) is 5.32 Å². The molecule has 0 rings (SSSR count). The minimum atomic E-state index is -0.0339. The Morgan fingerprint density at radius 1 is 1.70 bits per heavy atom. The molecule has 3 nitrogen and oxygen atoms in total. The summed E-state index contributed by atoms with van der Waals surface area (Å²) in [6.45, 7) is 7.89. The average molecular weight is 145 g/mol. The van der Waals surface area contributed by atoms with Crippen molar-refractivity contribution >= 4 is 0 Å². The first-order valence-corrected chi connectivity index (χ1v) is 3.26. The third-order valence-corrected chi connectivity index (χ3v) is 1.11. The van der Waals surface area contributed by atoms with Crippen molar-refractivity contribution in [2.24, 2.45) is 0 Å². The van der Waals surface area contributed by atoms with E-state index in [0.29, 0.717) is 6.73 Å². The lowest BCUT2D eigenvalue weighted by Crippen LogP contribution is -2.16. The van der Waals surface area contributed by atoms with Crippen LogP contribution in [0.4, 0.5) is 0 Å². The fourth-order valence-electron chi connectivity index (χ4n) is 0.277. The molecule has 0 aromatic carbocycles. The molecule has 0 saturated heterocycles. The van der Waals surface area contributed by atoms with Crippen LogP contribution in [0.3, 0.4) is 0 Å². The third kappa shape index (κ3) is 4.49. The van der Waals surface area contributed by atoms with E-state index in [1.54, 1.807) is 7.05 Å². The number of rotatable bonds is 5.